The van der Waals surface area contributed by atoms with Gasteiger partial charge in [-0.15, -0.1) is 0 Å². The third-order valence-electron chi connectivity index (χ3n) is 4.67. The first-order chi connectivity index (χ1) is 13.9. The molecule has 0 radical (unpaired) electrons. The van der Waals surface area contributed by atoms with Crippen LogP contribution in [0.4, 0.5) is 23.5 Å². The highest BCUT2D eigenvalue weighted by Gasteiger charge is 2.44. The number of sulfonamides is 1. The summed E-state index contributed by atoms with van der Waals surface area (Å²) in [4.78, 5) is 18.9. The van der Waals surface area contributed by atoms with E-state index in [1.54, 1.807) is 6.92 Å². The van der Waals surface area contributed by atoms with Gasteiger partial charge in [0.15, 0.2) is 5.82 Å². The van der Waals surface area contributed by atoms with Crippen LogP contribution in [0.2, 0.25) is 0 Å². The van der Waals surface area contributed by atoms with Gasteiger partial charge < -0.3 is 14.7 Å². The highest BCUT2D eigenvalue weighted by atomic mass is 32.2. The molecular formula is C16H22F4N4O5S. The molecule has 3 heterocycles. The Bertz CT molecular complexity index is 837. The maximum Gasteiger partial charge on any atom is 0.490 e. The average molecular weight is 458 g/mol. The lowest BCUT2D eigenvalue weighted by atomic mass is 9.90. The molecule has 2 N–H and O–H groups in total. The molecule has 2 aliphatic heterocycles. The summed E-state index contributed by atoms with van der Waals surface area (Å²) in [6.07, 6.45) is -0.712. The molecule has 3 rings (SSSR count). The Balaban J connectivity index is 0.000000396. The Labute approximate surface area is 170 Å². The number of rotatable bonds is 4. The van der Waals surface area contributed by atoms with Crippen molar-refractivity contribution >= 4 is 21.9 Å². The molecule has 2 fully saturated rings. The van der Waals surface area contributed by atoms with E-state index in [0.717, 1.165) is 18.8 Å². The molecular weight excluding hydrogens is 436 g/mol. The number of hydrogen-bond donors (Lipinski definition) is 2. The molecule has 9 nitrogen and oxygen atoms in total. The van der Waals surface area contributed by atoms with Crippen LogP contribution in [0.25, 0.3) is 0 Å². The summed E-state index contributed by atoms with van der Waals surface area (Å²) in [5.41, 5.74) is -0.392. The highest BCUT2D eigenvalue weighted by Crippen LogP contribution is 2.35. The molecule has 14 heteroatoms. The van der Waals surface area contributed by atoms with Gasteiger partial charge in [0.2, 0.25) is 16.0 Å². The molecule has 1 aromatic rings. The Kier molecular flexibility index (Phi) is 7.58. The monoisotopic (exact) mass is 458 g/mol. The fourth-order valence-corrected chi connectivity index (χ4v) is 4.11. The molecule has 0 aromatic carbocycles. The second-order valence-corrected chi connectivity index (χ2v) is 8.96. The molecule has 1 aromatic heterocycles. The Morgan fingerprint density at radius 3 is 2.53 bits per heavy atom. The lowest BCUT2D eigenvalue weighted by Crippen LogP contribution is -2.50. The number of ether oxygens (including phenoxy) is 1. The number of aliphatic carboxylic acids is 1. The molecule has 2 saturated heterocycles. The lowest BCUT2D eigenvalue weighted by Gasteiger charge is -2.38. The minimum Gasteiger partial charge on any atom is -0.475 e. The molecule has 0 unspecified atom stereocenters. The third-order valence-corrected chi connectivity index (χ3v) is 6.12. The first kappa shape index (κ1) is 24.2. The van der Waals surface area contributed by atoms with E-state index in [0.29, 0.717) is 38.5 Å². The summed E-state index contributed by atoms with van der Waals surface area (Å²) < 4.78 is 76.9. The number of carboxylic acid groups (broad SMARTS) is 1. The Morgan fingerprint density at radius 2 is 2.00 bits per heavy atom. The largest absolute Gasteiger partial charge is 0.490 e. The number of nitrogens with one attached hydrogen (secondary N) is 1. The van der Waals surface area contributed by atoms with Crippen molar-refractivity contribution in [1.82, 2.24) is 14.7 Å². The van der Waals surface area contributed by atoms with Gasteiger partial charge in [0.1, 0.15) is 0 Å². The number of anilines is 1. The third kappa shape index (κ3) is 6.74. The summed E-state index contributed by atoms with van der Waals surface area (Å²) in [5, 5.41) is 7.12. The summed E-state index contributed by atoms with van der Waals surface area (Å²) in [6.45, 7) is 3.44. The van der Waals surface area contributed by atoms with Gasteiger partial charge in [-0.1, -0.05) is 0 Å². The first-order valence-corrected chi connectivity index (χ1v) is 10.7. The maximum atomic E-state index is 12.9. The van der Waals surface area contributed by atoms with Crippen LogP contribution in [0.3, 0.4) is 0 Å². The summed E-state index contributed by atoms with van der Waals surface area (Å²) in [6, 6.07) is -0.109. The van der Waals surface area contributed by atoms with Crippen LogP contribution < -0.4 is 9.62 Å². The number of carboxylic acids is 1. The molecule has 0 amide bonds. The molecule has 170 valence electrons. The van der Waals surface area contributed by atoms with Crippen LogP contribution in [-0.4, -0.2) is 72.7 Å². The Morgan fingerprint density at radius 1 is 1.40 bits per heavy atom. The fourth-order valence-electron chi connectivity index (χ4n) is 3.23. The van der Waals surface area contributed by atoms with Gasteiger partial charge in [-0.25, -0.2) is 32.3 Å². The van der Waals surface area contributed by atoms with Gasteiger partial charge in [0.25, 0.3) is 0 Å². The Hall–Kier alpha value is -2.06. The fraction of sp³-hybridized carbons (Fsp3) is 0.688. The van der Waals surface area contributed by atoms with Crippen molar-refractivity contribution in [2.75, 3.05) is 30.3 Å². The van der Waals surface area contributed by atoms with Crippen molar-refractivity contribution in [2.24, 2.45) is 0 Å². The summed E-state index contributed by atoms with van der Waals surface area (Å²) in [7, 11) is -3.22. The van der Waals surface area contributed by atoms with Gasteiger partial charge in [-0.2, -0.15) is 13.2 Å². The van der Waals surface area contributed by atoms with Gasteiger partial charge in [0, 0.05) is 25.7 Å². The zero-order valence-corrected chi connectivity index (χ0v) is 16.8. The van der Waals surface area contributed by atoms with Crippen molar-refractivity contribution < 1.29 is 40.6 Å². The predicted octanol–water partition coefficient (Wildman–Crippen LogP) is 1.32. The van der Waals surface area contributed by atoms with Crippen molar-refractivity contribution in [2.45, 2.75) is 44.0 Å². The number of alkyl halides is 3. The van der Waals surface area contributed by atoms with E-state index in [1.807, 2.05) is 4.90 Å². The van der Waals surface area contributed by atoms with E-state index in [9.17, 15) is 26.0 Å². The zero-order valence-electron chi connectivity index (χ0n) is 16.0. The minimum atomic E-state index is -5.08. The molecule has 2 atom stereocenters. The second kappa shape index (κ2) is 9.39. The van der Waals surface area contributed by atoms with E-state index < -0.39 is 33.6 Å². The number of hydrogen-bond acceptors (Lipinski definition) is 7. The normalized spacial score (nSPS) is 24.4. The quantitative estimate of drug-likeness (QED) is 0.648. The van der Waals surface area contributed by atoms with Crippen LogP contribution in [0.15, 0.2) is 12.4 Å². The second-order valence-electron chi connectivity index (χ2n) is 6.92. The average Bonchev–Trinajstić information content (AvgIpc) is 3.05. The van der Waals surface area contributed by atoms with Crippen LogP contribution in [0.5, 0.6) is 0 Å². The van der Waals surface area contributed by atoms with E-state index in [4.69, 9.17) is 14.6 Å². The first-order valence-electron chi connectivity index (χ1n) is 9.02. The van der Waals surface area contributed by atoms with Crippen LogP contribution in [0, 0.1) is 5.82 Å². The SMILES string of the molecule is CCS(=O)(=O)N[C@@H]1CCO[C@]2(CCN(c3ncc(F)cn3)C2)C1.O=C(O)C(F)(F)F. The number of nitrogens with zero attached hydrogens (tertiary/aromatic N) is 3. The summed E-state index contributed by atoms with van der Waals surface area (Å²) in [5.74, 6) is -2.67. The van der Waals surface area contributed by atoms with E-state index in [-0.39, 0.29) is 11.8 Å². The van der Waals surface area contributed by atoms with Crippen LogP contribution in [-0.2, 0) is 19.6 Å². The minimum absolute atomic E-state index is 0.0763. The van der Waals surface area contributed by atoms with Gasteiger partial charge in [-0.05, 0) is 26.2 Å². The van der Waals surface area contributed by atoms with Crippen molar-refractivity contribution in [3.8, 4) is 0 Å². The number of aromatic nitrogens is 2. The van der Waals surface area contributed by atoms with E-state index >= 15 is 0 Å². The lowest BCUT2D eigenvalue weighted by molar-refractivity contribution is -0.192. The number of halogens is 4. The predicted molar refractivity (Wildman–Crippen MR) is 96.8 cm³/mol. The van der Waals surface area contributed by atoms with Crippen LogP contribution >= 0.6 is 0 Å². The van der Waals surface area contributed by atoms with Gasteiger partial charge >= 0.3 is 12.1 Å². The molecule has 2 aliphatic rings. The topological polar surface area (TPSA) is 122 Å². The zero-order chi connectivity index (χ0) is 22.6. The van der Waals surface area contributed by atoms with E-state index in [1.165, 1.54) is 0 Å². The highest BCUT2D eigenvalue weighted by molar-refractivity contribution is 7.89. The number of carbonyl (C=O) groups is 1. The van der Waals surface area contributed by atoms with Gasteiger partial charge in [-0.3, -0.25) is 0 Å². The molecule has 0 bridgehead atoms. The molecule has 0 saturated carbocycles. The van der Waals surface area contributed by atoms with Crippen molar-refractivity contribution in [3.05, 3.63) is 18.2 Å². The smallest absolute Gasteiger partial charge is 0.475 e. The standard InChI is InChI=1S/C14H21FN4O3S.C2HF3O2/c1-2-23(20,21)18-12-3-6-22-14(7-12)4-5-19(10-14)13-16-8-11(15)9-17-13;3-2(4,5)1(6)7/h8-9,12,18H,2-7,10H2,1H3;(H,6,7)/t12-,14-;/m1./s1. The van der Waals surface area contributed by atoms with Gasteiger partial charge in [0.05, 0.1) is 23.7 Å². The van der Waals surface area contributed by atoms with Crippen molar-refractivity contribution in [1.29, 1.82) is 0 Å². The molecule has 0 aliphatic carbocycles. The van der Waals surface area contributed by atoms with Crippen molar-refractivity contribution in [3.63, 3.8) is 0 Å². The molecule has 1 spiro atoms. The van der Waals surface area contributed by atoms with E-state index in [2.05, 4.69) is 14.7 Å². The summed E-state index contributed by atoms with van der Waals surface area (Å²) >= 11 is 0. The molecule has 30 heavy (non-hydrogen) atoms. The van der Waals surface area contributed by atoms with Crippen LogP contribution in [0.1, 0.15) is 26.2 Å². The maximum absolute atomic E-state index is 12.9.